The minimum Gasteiger partial charge on any atom is -0.351 e. The summed E-state index contributed by atoms with van der Waals surface area (Å²) in [6.07, 6.45) is 1.67. The fourth-order valence-corrected chi connectivity index (χ4v) is 2.41. The zero-order valence-electron chi connectivity index (χ0n) is 11.1. The molecule has 0 saturated carbocycles. The molecule has 1 aromatic carbocycles. The van der Waals surface area contributed by atoms with Crippen molar-refractivity contribution in [2.24, 2.45) is 0 Å². The van der Waals surface area contributed by atoms with E-state index in [1.54, 1.807) is 6.20 Å². The van der Waals surface area contributed by atoms with Gasteiger partial charge in [0.15, 0.2) is 0 Å². The van der Waals surface area contributed by atoms with Crippen LogP contribution in [0.25, 0.3) is 0 Å². The molecule has 0 aliphatic carbocycles. The van der Waals surface area contributed by atoms with Gasteiger partial charge in [0.2, 0.25) is 0 Å². The van der Waals surface area contributed by atoms with Crippen molar-refractivity contribution in [1.29, 1.82) is 0 Å². The molecule has 0 saturated heterocycles. The quantitative estimate of drug-likeness (QED) is 0.679. The van der Waals surface area contributed by atoms with Crippen LogP contribution in [0.15, 0.2) is 29.8 Å². The average molecular weight is 309 g/mol. The molecule has 0 bridgehead atoms. The molecule has 2 aromatic rings. The van der Waals surface area contributed by atoms with E-state index in [9.17, 15) is 19.3 Å². The molecule has 2 rings (SSSR count). The minimum atomic E-state index is -0.792. The number of nitrogens with one attached hydrogen (secondary N) is 1. The van der Waals surface area contributed by atoms with E-state index in [2.05, 4.69) is 10.3 Å². The molecule has 1 unspecified atom stereocenters. The molecule has 110 valence electrons. The predicted octanol–water partition coefficient (Wildman–Crippen LogP) is 2.72. The zero-order valence-corrected chi connectivity index (χ0v) is 11.9. The summed E-state index contributed by atoms with van der Waals surface area (Å²) in [6, 6.07) is 2.86. The lowest BCUT2D eigenvalue weighted by Crippen LogP contribution is -2.28. The number of carbonyl (C=O) groups excluding carboxylic acids is 1. The van der Waals surface area contributed by atoms with Crippen LogP contribution in [0.2, 0.25) is 0 Å². The molecular weight excluding hydrogens is 297 g/mol. The summed E-state index contributed by atoms with van der Waals surface area (Å²) in [7, 11) is 0. The van der Waals surface area contributed by atoms with E-state index in [0.29, 0.717) is 0 Å². The van der Waals surface area contributed by atoms with Crippen LogP contribution in [0.5, 0.6) is 0 Å². The molecule has 6 nitrogen and oxygen atoms in total. The highest BCUT2D eigenvalue weighted by Crippen LogP contribution is 2.18. The summed E-state index contributed by atoms with van der Waals surface area (Å²) in [4.78, 5) is 26.0. The first-order valence-corrected chi connectivity index (χ1v) is 6.98. The van der Waals surface area contributed by atoms with Gasteiger partial charge in [-0.25, -0.2) is 9.37 Å². The van der Waals surface area contributed by atoms with Gasteiger partial charge in [0, 0.05) is 36.2 Å². The Balaban J connectivity index is 2.06. The molecule has 1 heterocycles. The lowest BCUT2D eigenvalue weighted by molar-refractivity contribution is -0.384. The lowest BCUT2D eigenvalue weighted by Gasteiger charge is -2.10. The van der Waals surface area contributed by atoms with Crippen molar-refractivity contribution in [2.75, 3.05) is 6.54 Å². The van der Waals surface area contributed by atoms with Crippen LogP contribution >= 0.6 is 11.3 Å². The minimum absolute atomic E-state index is 0.0179. The van der Waals surface area contributed by atoms with Gasteiger partial charge in [-0.1, -0.05) is 6.92 Å². The standard InChI is InChI=1S/C13H12FN3O3S/c1-8(13-15-4-5-21-13)7-16-12(18)10-6-9(17(19)20)2-3-11(10)14/h2-6,8H,7H2,1H3,(H,16,18). The molecule has 1 amide bonds. The Morgan fingerprint density at radius 1 is 1.57 bits per heavy atom. The van der Waals surface area contributed by atoms with Crippen molar-refractivity contribution in [3.63, 3.8) is 0 Å². The topological polar surface area (TPSA) is 85.1 Å². The number of nitrogens with zero attached hydrogens (tertiary/aromatic N) is 2. The SMILES string of the molecule is CC(CNC(=O)c1cc([N+](=O)[O-])ccc1F)c1nccs1. The van der Waals surface area contributed by atoms with Gasteiger partial charge in [0.1, 0.15) is 5.82 Å². The summed E-state index contributed by atoms with van der Waals surface area (Å²) in [5.41, 5.74) is -0.662. The Kier molecular flexibility index (Phi) is 4.59. The number of carbonyl (C=O) groups is 1. The molecule has 0 aliphatic rings. The number of hydrogen-bond acceptors (Lipinski definition) is 5. The van der Waals surface area contributed by atoms with Crippen molar-refractivity contribution < 1.29 is 14.1 Å². The molecule has 21 heavy (non-hydrogen) atoms. The van der Waals surface area contributed by atoms with Crippen LogP contribution in [-0.4, -0.2) is 22.4 Å². The van der Waals surface area contributed by atoms with E-state index < -0.39 is 16.6 Å². The fraction of sp³-hybridized carbons (Fsp3) is 0.231. The molecule has 0 radical (unpaired) electrons. The van der Waals surface area contributed by atoms with E-state index in [1.165, 1.54) is 11.3 Å². The normalized spacial score (nSPS) is 11.9. The zero-order chi connectivity index (χ0) is 15.4. The number of nitro groups is 1. The summed E-state index contributed by atoms with van der Waals surface area (Å²) in [6.45, 7) is 2.15. The molecule has 0 aliphatic heterocycles. The lowest BCUT2D eigenvalue weighted by atomic mass is 10.1. The Hall–Kier alpha value is -2.35. The maximum Gasteiger partial charge on any atom is 0.270 e. The predicted molar refractivity (Wildman–Crippen MR) is 75.9 cm³/mol. The second kappa shape index (κ2) is 6.40. The summed E-state index contributed by atoms with van der Waals surface area (Å²) < 4.78 is 13.6. The van der Waals surface area contributed by atoms with Gasteiger partial charge >= 0.3 is 0 Å². The molecule has 0 spiro atoms. The van der Waals surface area contributed by atoms with Gasteiger partial charge in [0.05, 0.1) is 15.5 Å². The molecule has 8 heteroatoms. The van der Waals surface area contributed by atoms with Crippen molar-refractivity contribution >= 4 is 22.9 Å². The summed E-state index contributed by atoms with van der Waals surface area (Å²) in [5.74, 6) is -1.49. The third-order valence-electron chi connectivity index (χ3n) is 2.85. The van der Waals surface area contributed by atoms with Crippen molar-refractivity contribution in [2.45, 2.75) is 12.8 Å². The first kappa shape index (κ1) is 15.0. The van der Waals surface area contributed by atoms with Crippen LogP contribution in [-0.2, 0) is 0 Å². The third kappa shape index (κ3) is 3.60. The summed E-state index contributed by atoms with van der Waals surface area (Å²) >= 11 is 1.46. The van der Waals surface area contributed by atoms with Crippen LogP contribution < -0.4 is 5.32 Å². The Morgan fingerprint density at radius 3 is 2.95 bits per heavy atom. The van der Waals surface area contributed by atoms with E-state index in [-0.39, 0.29) is 23.7 Å². The molecule has 0 fully saturated rings. The highest BCUT2D eigenvalue weighted by molar-refractivity contribution is 7.09. The largest absolute Gasteiger partial charge is 0.351 e. The van der Waals surface area contributed by atoms with Crippen LogP contribution in [0, 0.1) is 15.9 Å². The molecule has 1 atom stereocenters. The molecule has 1 N–H and O–H groups in total. The van der Waals surface area contributed by atoms with Gasteiger partial charge in [0.25, 0.3) is 11.6 Å². The second-order valence-electron chi connectivity index (χ2n) is 4.40. The van der Waals surface area contributed by atoms with Crippen molar-refractivity contribution in [3.05, 3.63) is 56.3 Å². The van der Waals surface area contributed by atoms with Gasteiger partial charge in [-0.2, -0.15) is 0 Å². The first-order valence-electron chi connectivity index (χ1n) is 6.10. The molecule has 1 aromatic heterocycles. The van der Waals surface area contributed by atoms with Gasteiger partial charge < -0.3 is 5.32 Å². The van der Waals surface area contributed by atoms with Gasteiger partial charge in [-0.15, -0.1) is 11.3 Å². The maximum atomic E-state index is 13.6. The number of thiazole rings is 1. The third-order valence-corrected chi connectivity index (χ3v) is 3.85. The second-order valence-corrected chi connectivity index (χ2v) is 5.33. The van der Waals surface area contributed by atoms with Crippen molar-refractivity contribution in [3.8, 4) is 0 Å². The average Bonchev–Trinajstić information content (AvgIpc) is 2.98. The van der Waals surface area contributed by atoms with E-state index in [1.807, 2.05) is 12.3 Å². The number of nitro benzene ring substituents is 1. The number of halogens is 1. The number of rotatable bonds is 5. The highest BCUT2D eigenvalue weighted by Gasteiger charge is 2.18. The number of aromatic nitrogens is 1. The smallest absolute Gasteiger partial charge is 0.270 e. The number of benzene rings is 1. The fourth-order valence-electron chi connectivity index (χ4n) is 1.71. The number of hydrogen-bond donors (Lipinski definition) is 1. The van der Waals surface area contributed by atoms with E-state index >= 15 is 0 Å². The highest BCUT2D eigenvalue weighted by atomic mass is 32.1. The van der Waals surface area contributed by atoms with Gasteiger partial charge in [-0.3, -0.25) is 14.9 Å². The van der Waals surface area contributed by atoms with E-state index in [0.717, 1.165) is 23.2 Å². The number of amides is 1. The Morgan fingerprint density at radius 2 is 2.33 bits per heavy atom. The van der Waals surface area contributed by atoms with E-state index in [4.69, 9.17) is 0 Å². The number of non-ortho nitro benzene ring substituents is 1. The van der Waals surface area contributed by atoms with Crippen molar-refractivity contribution in [1.82, 2.24) is 10.3 Å². The Labute approximate surface area is 123 Å². The van der Waals surface area contributed by atoms with Crippen LogP contribution in [0.3, 0.4) is 0 Å². The maximum absolute atomic E-state index is 13.6. The monoisotopic (exact) mass is 309 g/mol. The first-order chi connectivity index (χ1) is 9.99. The Bertz CT molecular complexity index is 661. The van der Waals surface area contributed by atoms with Crippen LogP contribution in [0.1, 0.15) is 28.2 Å². The van der Waals surface area contributed by atoms with Crippen LogP contribution in [0.4, 0.5) is 10.1 Å². The van der Waals surface area contributed by atoms with Gasteiger partial charge in [-0.05, 0) is 6.07 Å². The summed E-state index contributed by atoms with van der Waals surface area (Å²) in [5, 5.41) is 15.9. The molecular formula is C13H12FN3O3S.